The Morgan fingerprint density at radius 3 is 2.54 bits per heavy atom. The number of halogens is 3. The van der Waals surface area contributed by atoms with Gasteiger partial charge in [-0.3, -0.25) is 9.59 Å². The summed E-state index contributed by atoms with van der Waals surface area (Å²) in [5.74, 6) is -4.93. The first-order valence-corrected chi connectivity index (χ1v) is 13.2. The van der Waals surface area contributed by atoms with Gasteiger partial charge in [0.15, 0.2) is 6.10 Å². The van der Waals surface area contributed by atoms with Gasteiger partial charge in [0.1, 0.15) is 12.3 Å². The molecule has 210 valence electrons. The normalized spacial score (nSPS) is 17.4. The topological polar surface area (TPSA) is 114 Å². The smallest absolute Gasteiger partial charge is 0.408 e. The molecule has 1 saturated heterocycles. The second kappa shape index (κ2) is 14.0. The molecular weight excluding hydrogens is 532 g/mol. The van der Waals surface area contributed by atoms with Crippen molar-refractivity contribution in [2.75, 3.05) is 6.54 Å². The number of ether oxygens (including phenoxy) is 1. The highest BCUT2D eigenvalue weighted by Gasteiger charge is 2.46. The minimum Gasteiger partial charge on any atom is -0.434 e. The Morgan fingerprint density at radius 2 is 1.92 bits per heavy atom. The van der Waals surface area contributed by atoms with E-state index in [2.05, 4.69) is 16.0 Å². The average Bonchev–Trinajstić information content (AvgIpc) is 3.33. The van der Waals surface area contributed by atoms with Gasteiger partial charge in [-0.05, 0) is 37.0 Å². The highest BCUT2D eigenvalue weighted by Crippen LogP contribution is 2.43. The summed E-state index contributed by atoms with van der Waals surface area (Å²) < 4.78 is 36.6. The first-order valence-electron chi connectivity index (χ1n) is 12.8. The molecule has 3 N–H and O–H groups in total. The molecule has 1 fully saturated rings. The van der Waals surface area contributed by atoms with E-state index >= 15 is 8.78 Å². The second-order valence-corrected chi connectivity index (χ2v) is 9.87. The molecule has 3 rings (SSSR count). The fourth-order valence-corrected chi connectivity index (χ4v) is 4.59. The number of hydrogen-bond donors (Lipinski definition) is 3. The zero-order valence-electron chi connectivity index (χ0n) is 21.5. The average molecular weight is 564 g/mol. The van der Waals surface area contributed by atoms with Crippen molar-refractivity contribution in [3.05, 3.63) is 70.7 Å². The zero-order chi connectivity index (χ0) is 28.4. The molecule has 1 aliphatic heterocycles. The van der Waals surface area contributed by atoms with Gasteiger partial charge in [-0.1, -0.05) is 73.8 Å². The van der Waals surface area contributed by atoms with E-state index in [-0.39, 0.29) is 29.3 Å². The third kappa shape index (κ3) is 8.23. The largest absolute Gasteiger partial charge is 0.434 e. The maximum absolute atomic E-state index is 15.7. The molecule has 0 bridgehead atoms. The lowest BCUT2D eigenvalue weighted by Gasteiger charge is -2.29. The van der Waals surface area contributed by atoms with Gasteiger partial charge in [-0.25, -0.2) is 4.79 Å². The van der Waals surface area contributed by atoms with Crippen LogP contribution >= 0.6 is 11.6 Å². The summed E-state index contributed by atoms with van der Waals surface area (Å²) in [5.41, 5.74) is -0.398. The van der Waals surface area contributed by atoms with Crippen LogP contribution in [0.5, 0.6) is 0 Å². The van der Waals surface area contributed by atoms with Crippen molar-refractivity contribution < 1.29 is 32.7 Å². The maximum Gasteiger partial charge on any atom is 0.408 e. The number of aldehydes is 1. The number of rotatable bonds is 13. The van der Waals surface area contributed by atoms with E-state index in [1.807, 2.05) is 6.92 Å². The fourth-order valence-electron chi connectivity index (χ4n) is 4.40. The third-order valence-electron chi connectivity index (χ3n) is 6.51. The Bertz CT molecular complexity index is 1150. The van der Waals surface area contributed by atoms with E-state index in [4.69, 9.17) is 16.3 Å². The molecule has 0 radical (unpaired) electrons. The van der Waals surface area contributed by atoms with Crippen LogP contribution in [0.1, 0.15) is 56.3 Å². The number of carbonyl (C=O) groups is 4. The van der Waals surface area contributed by atoms with E-state index in [1.165, 1.54) is 30.3 Å². The molecular formula is C28H32ClF2N3O5. The van der Waals surface area contributed by atoms with Crippen LogP contribution in [0.25, 0.3) is 0 Å². The molecule has 2 aromatic rings. The summed E-state index contributed by atoms with van der Waals surface area (Å²) in [6, 6.07) is 10.6. The summed E-state index contributed by atoms with van der Waals surface area (Å²) in [4.78, 5) is 49.4. The van der Waals surface area contributed by atoms with Gasteiger partial charge in [0.2, 0.25) is 11.8 Å². The Labute approximate surface area is 230 Å². The molecule has 0 unspecified atom stereocenters. The first kappa shape index (κ1) is 30.0. The lowest BCUT2D eigenvalue weighted by Crippen LogP contribution is -2.51. The third-order valence-corrected chi connectivity index (χ3v) is 6.75. The zero-order valence-corrected chi connectivity index (χ0v) is 22.3. The summed E-state index contributed by atoms with van der Waals surface area (Å²) >= 11 is 5.93. The lowest BCUT2D eigenvalue weighted by molar-refractivity contribution is -0.129. The van der Waals surface area contributed by atoms with Crippen LogP contribution in [0.3, 0.4) is 0 Å². The molecule has 11 heteroatoms. The van der Waals surface area contributed by atoms with Gasteiger partial charge in [0.05, 0.1) is 6.04 Å². The quantitative estimate of drug-likeness (QED) is 0.307. The van der Waals surface area contributed by atoms with E-state index < -0.39 is 47.6 Å². The van der Waals surface area contributed by atoms with E-state index in [9.17, 15) is 19.2 Å². The molecule has 2 aromatic carbocycles. The summed E-state index contributed by atoms with van der Waals surface area (Å²) in [6.07, 6.45) is -0.618. The van der Waals surface area contributed by atoms with Crippen LogP contribution in [0.2, 0.25) is 5.02 Å². The number of hydrogen-bond acceptors (Lipinski definition) is 5. The maximum atomic E-state index is 15.7. The van der Waals surface area contributed by atoms with E-state index in [0.717, 1.165) is 6.07 Å². The van der Waals surface area contributed by atoms with Gasteiger partial charge in [-0.2, -0.15) is 8.78 Å². The summed E-state index contributed by atoms with van der Waals surface area (Å²) in [6.45, 7) is 2.38. The molecule has 39 heavy (non-hydrogen) atoms. The fraction of sp³-hybridized carbons (Fsp3) is 0.429. The molecule has 8 nitrogen and oxygen atoms in total. The van der Waals surface area contributed by atoms with Crippen LogP contribution in [0.15, 0.2) is 54.6 Å². The van der Waals surface area contributed by atoms with Crippen LogP contribution in [0.4, 0.5) is 13.6 Å². The predicted molar refractivity (Wildman–Crippen MR) is 141 cm³/mol. The van der Waals surface area contributed by atoms with Crippen LogP contribution in [-0.4, -0.2) is 42.8 Å². The molecule has 0 aromatic heterocycles. The number of nitrogens with one attached hydrogen (secondary N) is 3. The molecule has 1 aliphatic rings. The number of alkyl halides is 2. The van der Waals surface area contributed by atoms with Crippen LogP contribution < -0.4 is 16.0 Å². The van der Waals surface area contributed by atoms with E-state index in [0.29, 0.717) is 32.1 Å². The minimum absolute atomic E-state index is 0.0445. The van der Waals surface area contributed by atoms with E-state index in [1.54, 1.807) is 18.2 Å². The van der Waals surface area contributed by atoms with Gasteiger partial charge >= 0.3 is 12.0 Å². The molecule has 0 saturated carbocycles. The molecule has 0 aliphatic carbocycles. The van der Waals surface area contributed by atoms with Gasteiger partial charge in [-0.15, -0.1) is 0 Å². The molecule has 4 atom stereocenters. The van der Waals surface area contributed by atoms with Crippen molar-refractivity contribution in [3.8, 4) is 0 Å². The monoisotopic (exact) mass is 563 g/mol. The second-order valence-electron chi connectivity index (χ2n) is 9.43. The van der Waals surface area contributed by atoms with Crippen molar-refractivity contribution in [3.63, 3.8) is 0 Å². The number of benzene rings is 2. The Balaban J connectivity index is 1.76. The van der Waals surface area contributed by atoms with Crippen LogP contribution in [0, 0.1) is 5.92 Å². The summed E-state index contributed by atoms with van der Waals surface area (Å²) in [5, 5.41) is 7.72. The Hall–Kier alpha value is -3.53. The minimum atomic E-state index is -3.66. The van der Waals surface area contributed by atoms with Crippen LogP contribution in [-0.2, 0) is 25.0 Å². The van der Waals surface area contributed by atoms with Gasteiger partial charge in [0.25, 0.3) is 0 Å². The van der Waals surface area contributed by atoms with Crippen molar-refractivity contribution in [2.24, 2.45) is 5.92 Å². The molecule has 1 heterocycles. The van der Waals surface area contributed by atoms with Gasteiger partial charge < -0.3 is 25.5 Å². The van der Waals surface area contributed by atoms with Crippen molar-refractivity contribution in [2.45, 2.75) is 63.1 Å². The number of carbonyl (C=O) groups excluding carboxylic acids is 4. The highest BCUT2D eigenvalue weighted by molar-refractivity contribution is 6.30. The number of amides is 3. The molecule has 0 spiro atoms. The predicted octanol–water partition coefficient (Wildman–Crippen LogP) is 4.67. The van der Waals surface area contributed by atoms with Crippen molar-refractivity contribution >= 4 is 35.8 Å². The Morgan fingerprint density at radius 1 is 1.18 bits per heavy atom. The van der Waals surface area contributed by atoms with Crippen molar-refractivity contribution in [1.29, 1.82) is 0 Å². The SMILES string of the molecule is CCCC[C@H](NC(=O)O[C@@H](c1ccccc1)C(F)(F)c1cccc(Cl)c1)C(=O)N[C@H](C=O)C[C@@H]1CCNC1=O. The Kier molecular flexibility index (Phi) is 10.8. The first-order chi connectivity index (χ1) is 18.6. The highest BCUT2D eigenvalue weighted by atomic mass is 35.5. The molecule has 3 amide bonds. The number of unbranched alkanes of at least 4 members (excludes halogenated alkanes) is 1. The lowest BCUT2D eigenvalue weighted by atomic mass is 9.97. The van der Waals surface area contributed by atoms with Gasteiger partial charge in [0, 0.05) is 23.0 Å². The summed E-state index contributed by atoms with van der Waals surface area (Å²) in [7, 11) is 0. The van der Waals surface area contributed by atoms with Crippen molar-refractivity contribution in [1.82, 2.24) is 16.0 Å². The number of alkyl carbamates (subject to hydrolysis) is 1. The standard InChI is InChI=1S/C28H32ClF2N3O5/c1-2-3-12-23(26(37)33-22(17-35)15-19-13-14-32-25(19)36)34-27(38)39-24(18-8-5-4-6-9-18)28(30,31)20-10-7-11-21(29)16-20/h4-11,16-17,19,22-24H,2-3,12-15H2,1H3,(H,32,36)(H,33,37)(H,34,38)/t19-,22-,23-,24-/m0/s1.